The van der Waals surface area contributed by atoms with Gasteiger partial charge in [-0.25, -0.2) is 4.39 Å². The number of hydrogen-bond acceptors (Lipinski definition) is 4. The zero-order valence-electron chi connectivity index (χ0n) is 10.4. The van der Waals surface area contributed by atoms with Crippen LogP contribution in [0.4, 0.5) is 4.39 Å². The largest absolute Gasteiger partial charge is 0.417 e. The van der Waals surface area contributed by atoms with Crippen LogP contribution in [0.15, 0.2) is 59.0 Å². The van der Waals surface area contributed by atoms with Gasteiger partial charge in [-0.2, -0.15) is 0 Å². The third-order valence-electron chi connectivity index (χ3n) is 2.88. The van der Waals surface area contributed by atoms with Crippen molar-refractivity contribution in [2.24, 2.45) is 0 Å². The first-order valence-corrected chi connectivity index (χ1v) is 6.06. The molecule has 100 valence electrons. The van der Waals surface area contributed by atoms with E-state index < -0.39 is 6.10 Å². The molecule has 2 aromatic carbocycles. The van der Waals surface area contributed by atoms with Crippen LogP contribution in [-0.4, -0.2) is 15.3 Å². The van der Waals surface area contributed by atoms with Crippen molar-refractivity contribution < 1.29 is 13.9 Å². The third kappa shape index (κ3) is 2.44. The molecule has 0 saturated carbocycles. The van der Waals surface area contributed by atoms with Crippen molar-refractivity contribution in [2.75, 3.05) is 0 Å². The standard InChI is InChI=1S/C15H11FN2O2/c16-12-8-6-10(7-9-12)13(19)15-18-17-14(20-15)11-4-2-1-3-5-11/h1-9,13,19H/t13-/m0/s1. The normalized spacial score (nSPS) is 12.3. The molecular formula is C15H11FN2O2. The smallest absolute Gasteiger partial charge is 0.249 e. The molecule has 0 spiro atoms. The summed E-state index contributed by atoms with van der Waals surface area (Å²) in [6.45, 7) is 0. The second-order valence-electron chi connectivity index (χ2n) is 4.27. The summed E-state index contributed by atoms with van der Waals surface area (Å²) in [5.74, 6) is 0.0497. The summed E-state index contributed by atoms with van der Waals surface area (Å²) in [7, 11) is 0. The summed E-state index contributed by atoms with van der Waals surface area (Å²) < 4.78 is 18.3. The molecule has 0 aliphatic carbocycles. The van der Waals surface area contributed by atoms with Gasteiger partial charge in [0, 0.05) is 5.56 Å². The lowest BCUT2D eigenvalue weighted by Crippen LogP contribution is -1.99. The molecule has 0 saturated heterocycles. The van der Waals surface area contributed by atoms with Crippen LogP contribution >= 0.6 is 0 Å². The van der Waals surface area contributed by atoms with Gasteiger partial charge in [-0.1, -0.05) is 30.3 Å². The molecule has 3 rings (SSSR count). The Bertz CT molecular complexity index is 695. The molecule has 0 radical (unpaired) electrons. The van der Waals surface area contributed by atoms with Gasteiger partial charge in [0.15, 0.2) is 6.10 Å². The molecular weight excluding hydrogens is 259 g/mol. The van der Waals surface area contributed by atoms with E-state index in [2.05, 4.69) is 10.2 Å². The molecule has 0 fully saturated rings. The Balaban J connectivity index is 1.88. The van der Waals surface area contributed by atoms with E-state index in [9.17, 15) is 9.50 Å². The highest BCUT2D eigenvalue weighted by atomic mass is 19.1. The zero-order valence-corrected chi connectivity index (χ0v) is 10.4. The van der Waals surface area contributed by atoms with Gasteiger partial charge in [0.2, 0.25) is 11.8 Å². The van der Waals surface area contributed by atoms with E-state index in [1.54, 1.807) is 0 Å². The molecule has 1 N–H and O–H groups in total. The number of benzene rings is 2. The first-order valence-electron chi connectivity index (χ1n) is 6.06. The Morgan fingerprint density at radius 3 is 2.35 bits per heavy atom. The number of rotatable bonds is 3. The van der Waals surface area contributed by atoms with Crippen molar-refractivity contribution in [2.45, 2.75) is 6.10 Å². The maximum atomic E-state index is 12.8. The lowest BCUT2D eigenvalue weighted by molar-refractivity contribution is 0.183. The van der Waals surface area contributed by atoms with Crippen LogP contribution in [0, 0.1) is 5.82 Å². The van der Waals surface area contributed by atoms with Crippen LogP contribution in [0.3, 0.4) is 0 Å². The quantitative estimate of drug-likeness (QED) is 0.795. The molecule has 3 aromatic rings. The number of halogens is 1. The van der Waals surface area contributed by atoms with E-state index in [-0.39, 0.29) is 11.7 Å². The van der Waals surface area contributed by atoms with Crippen molar-refractivity contribution in [3.8, 4) is 11.5 Å². The van der Waals surface area contributed by atoms with E-state index in [1.807, 2.05) is 30.3 Å². The van der Waals surface area contributed by atoms with Crippen molar-refractivity contribution in [1.29, 1.82) is 0 Å². The van der Waals surface area contributed by atoms with Crippen molar-refractivity contribution in [3.63, 3.8) is 0 Å². The Labute approximate surface area is 114 Å². The predicted molar refractivity (Wildman–Crippen MR) is 70.2 cm³/mol. The number of hydrogen-bond donors (Lipinski definition) is 1. The molecule has 0 aliphatic heterocycles. The van der Waals surface area contributed by atoms with Crippen LogP contribution in [0.1, 0.15) is 17.6 Å². The summed E-state index contributed by atoms with van der Waals surface area (Å²) in [5, 5.41) is 17.9. The van der Waals surface area contributed by atoms with Gasteiger partial charge in [0.05, 0.1) is 0 Å². The first-order chi connectivity index (χ1) is 9.74. The fourth-order valence-electron chi connectivity index (χ4n) is 1.83. The minimum atomic E-state index is -1.07. The van der Waals surface area contributed by atoms with Crippen molar-refractivity contribution >= 4 is 0 Å². The van der Waals surface area contributed by atoms with Gasteiger partial charge in [0.1, 0.15) is 5.82 Å². The number of nitrogens with zero attached hydrogens (tertiary/aromatic N) is 2. The molecule has 1 atom stereocenters. The Hall–Kier alpha value is -2.53. The molecule has 0 unspecified atom stereocenters. The highest BCUT2D eigenvalue weighted by molar-refractivity contribution is 5.51. The van der Waals surface area contributed by atoms with Crippen LogP contribution < -0.4 is 0 Å². The first kappa shape index (κ1) is 12.5. The minimum absolute atomic E-state index is 0.0791. The monoisotopic (exact) mass is 270 g/mol. The second-order valence-corrected chi connectivity index (χ2v) is 4.27. The Morgan fingerprint density at radius 2 is 1.65 bits per heavy atom. The van der Waals surface area contributed by atoms with Crippen LogP contribution in [0.5, 0.6) is 0 Å². The molecule has 1 heterocycles. The maximum Gasteiger partial charge on any atom is 0.249 e. The molecule has 1 aromatic heterocycles. The van der Waals surface area contributed by atoms with Crippen molar-refractivity contribution in [3.05, 3.63) is 71.9 Å². The molecule has 0 amide bonds. The maximum absolute atomic E-state index is 12.8. The lowest BCUT2D eigenvalue weighted by Gasteiger charge is -2.05. The topological polar surface area (TPSA) is 59.2 Å². The van der Waals surface area contributed by atoms with Crippen molar-refractivity contribution in [1.82, 2.24) is 10.2 Å². The van der Waals surface area contributed by atoms with Crippen LogP contribution in [0.2, 0.25) is 0 Å². The highest BCUT2D eigenvalue weighted by Crippen LogP contribution is 2.24. The summed E-state index contributed by atoms with van der Waals surface area (Å²) in [6.07, 6.45) is -1.07. The average Bonchev–Trinajstić information content (AvgIpc) is 2.98. The SMILES string of the molecule is O[C@@H](c1ccc(F)cc1)c1nnc(-c2ccccc2)o1. The summed E-state index contributed by atoms with van der Waals surface area (Å²) in [5.41, 5.74) is 1.27. The molecule has 0 bridgehead atoms. The van der Waals surface area contributed by atoms with E-state index in [0.29, 0.717) is 11.5 Å². The predicted octanol–water partition coefficient (Wildman–Crippen LogP) is 2.96. The number of aliphatic hydroxyl groups is 1. The molecule has 4 nitrogen and oxygen atoms in total. The minimum Gasteiger partial charge on any atom is -0.417 e. The molecule has 0 aliphatic rings. The summed E-state index contributed by atoms with van der Waals surface area (Å²) in [6, 6.07) is 14.8. The van der Waals surface area contributed by atoms with E-state index in [0.717, 1.165) is 5.56 Å². The summed E-state index contributed by atoms with van der Waals surface area (Å²) in [4.78, 5) is 0. The van der Waals surface area contributed by atoms with E-state index >= 15 is 0 Å². The van der Waals surface area contributed by atoms with E-state index in [1.165, 1.54) is 24.3 Å². The van der Waals surface area contributed by atoms with Crippen LogP contribution in [-0.2, 0) is 0 Å². The zero-order chi connectivity index (χ0) is 13.9. The van der Waals surface area contributed by atoms with Gasteiger partial charge in [-0.05, 0) is 29.8 Å². The molecule has 20 heavy (non-hydrogen) atoms. The second kappa shape index (κ2) is 5.22. The third-order valence-corrected chi connectivity index (χ3v) is 2.88. The van der Waals surface area contributed by atoms with Gasteiger partial charge in [-0.3, -0.25) is 0 Å². The number of aromatic nitrogens is 2. The fraction of sp³-hybridized carbons (Fsp3) is 0.0667. The van der Waals surface area contributed by atoms with Gasteiger partial charge >= 0.3 is 0 Å². The molecule has 5 heteroatoms. The van der Waals surface area contributed by atoms with Crippen LogP contribution in [0.25, 0.3) is 11.5 Å². The van der Waals surface area contributed by atoms with E-state index in [4.69, 9.17) is 4.42 Å². The number of aliphatic hydroxyl groups excluding tert-OH is 1. The Kier molecular flexibility index (Phi) is 3.26. The summed E-state index contributed by atoms with van der Waals surface area (Å²) >= 11 is 0. The van der Waals surface area contributed by atoms with Gasteiger partial charge in [-0.15, -0.1) is 10.2 Å². The highest BCUT2D eigenvalue weighted by Gasteiger charge is 2.18. The lowest BCUT2D eigenvalue weighted by atomic mass is 10.1. The fourth-order valence-corrected chi connectivity index (χ4v) is 1.83. The Morgan fingerprint density at radius 1 is 0.950 bits per heavy atom. The average molecular weight is 270 g/mol. The van der Waals surface area contributed by atoms with Gasteiger partial charge in [0.25, 0.3) is 0 Å². The van der Waals surface area contributed by atoms with Gasteiger partial charge < -0.3 is 9.52 Å².